The third kappa shape index (κ3) is 4.79. The summed E-state index contributed by atoms with van der Waals surface area (Å²) in [5, 5.41) is 13.0. The first kappa shape index (κ1) is 18.8. The van der Waals surface area contributed by atoms with Crippen molar-refractivity contribution in [2.45, 2.75) is 6.92 Å². The molecule has 1 heterocycles. The van der Waals surface area contributed by atoms with Crippen LogP contribution in [0.3, 0.4) is 0 Å². The lowest BCUT2D eigenvalue weighted by Gasteiger charge is -2.04. The third-order valence-corrected chi connectivity index (χ3v) is 4.14. The molecule has 1 amide bonds. The summed E-state index contributed by atoms with van der Waals surface area (Å²) in [6, 6.07) is 17.7. The lowest BCUT2D eigenvalue weighted by Crippen LogP contribution is -2.13. The lowest BCUT2D eigenvalue weighted by atomic mass is 10.2. The SMILES string of the molecule is Cc1cccc(NC(=O)/C(C#N)=C/c2ccc(-c3cc(Cl)cc(Cl)c3)o2)c1. The first-order chi connectivity index (χ1) is 12.9. The topological polar surface area (TPSA) is 66.0 Å². The zero-order valence-electron chi connectivity index (χ0n) is 14.3. The first-order valence-corrected chi connectivity index (χ1v) is 8.76. The van der Waals surface area contributed by atoms with Crippen LogP contribution in [-0.4, -0.2) is 5.91 Å². The Morgan fingerprint density at radius 2 is 1.85 bits per heavy atom. The number of halogens is 2. The Labute approximate surface area is 166 Å². The van der Waals surface area contributed by atoms with Crippen LogP contribution in [0.25, 0.3) is 17.4 Å². The van der Waals surface area contributed by atoms with Crippen molar-refractivity contribution >= 4 is 40.9 Å². The van der Waals surface area contributed by atoms with Gasteiger partial charge in [-0.25, -0.2) is 0 Å². The molecule has 0 bridgehead atoms. The minimum absolute atomic E-state index is 0.0680. The van der Waals surface area contributed by atoms with Gasteiger partial charge in [-0.3, -0.25) is 4.79 Å². The van der Waals surface area contributed by atoms with E-state index in [1.807, 2.05) is 31.2 Å². The number of hydrogen-bond acceptors (Lipinski definition) is 3. The molecule has 2 aromatic carbocycles. The van der Waals surface area contributed by atoms with Crippen molar-refractivity contribution in [1.82, 2.24) is 0 Å². The molecule has 1 aromatic heterocycles. The molecule has 4 nitrogen and oxygen atoms in total. The molecule has 0 aliphatic heterocycles. The van der Waals surface area contributed by atoms with Gasteiger partial charge in [0.25, 0.3) is 5.91 Å². The minimum Gasteiger partial charge on any atom is -0.457 e. The van der Waals surface area contributed by atoms with Crippen LogP contribution in [0.4, 0.5) is 5.69 Å². The molecule has 3 rings (SSSR count). The van der Waals surface area contributed by atoms with Crippen LogP contribution < -0.4 is 5.32 Å². The first-order valence-electron chi connectivity index (χ1n) is 8.01. The Kier molecular flexibility index (Phi) is 5.66. The van der Waals surface area contributed by atoms with Crippen LogP contribution in [-0.2, 0) is 4.79 Å². The highest BCUT2D eigenvalue weighted by Crippen LogP contribution is 2.29. The number of carbonyl (C=O) groups is 1. The molecule has 0 unspecified atom stereocenters. The molecule has 1 N–H and O–H groups in total. The molecule has 0 aliphatic carbocycles. The summed E-state index contributed by atoms with van der Waals surface area (Å²) in [7, 11) is 0. The number of carbonyl (C=O) groups excluding carboxylic acids is 1. The fourth-order valence-electron chi connectivity index (χ4n) is 2.49. The molecule has 0 radical (unpaired) electrons. The van der Waals surface area contributed by atoms with Crippen LogP contribution in [0.2, 0.25) is 10.0 Å². The number of nitriles is 1. The van der Waals surface area contributed by atoms with Crippen molar-refractivity contribution in [3.05, 3.63) is 81.5 Å². The highest BCUT2D eigenvalue weighted by atomic mass is 35.5. The van der Waals surface area contributed by atoms with Gasteiger partial charge in [0.15, 0.2) is 0 Å². The van der Waals surface area contributed by atoms with E-state index in [9.17, 15) is 10.1 Å². The van der Waals surface area contributed by atoms with E-state index in [2.05, 4.69) is 5.32 Å². The molecule has 27 heavy (non-hydrogen) atoms. The van der Waals surface area contributed by atoms with E-state index in [1.54, 1.807) is 36.4 Å². The quantitative estimate of drug-likeness (QED) is 0.427. The van der Waals surface area contributed by atoms with Gasteiger partial charge in [0, 0.05) is 27.4 Å². The van der Waals surface area contributed by atoms with Crippen LogP contribution in [0, 0.1) is 18.3 Å². The number of amides is 1. The molecular formula is C21H14Cl2N2O2. The lowest BCUT2D eigenvalue weighted by molar-refractivity contribution is -0.112. The summed E-state index contributed by atoms with van der Waals surface area (Å²) in [5.74, 6) is 0.394. The summed E-state index contributed by atoms with van der Waals surface area (Å²) in [6.45, 7) is 1.92. The van der Waals surface area contributed by atoms with Gasteiger partial charge in [-0.1, -0.05) is 35.3 Å². The maximum atomic E-state index is 12.3. The fourth-order valence-corrected chi connectivity index (χ4v) is 3.02. The van der Waals surface area contributed by atoms with Crippen molar-refractivity contribution < 1.29 is 9.21 Å². The van der Waals surface area contributed by atoms with E-state index < -0.39 is 5.91 Å². The van der Waals surface area contributed by atoms with Crippen LogP contribution in [0.1, 0.15) is 11.3 Å². The monoisotopic (exact) mass is 396 g/mol. The Bertz CT molecular complexity index is 1060. The van der Waals surface area contributed by atoms with Crippen molar-refractivity contribution in [1.29, 1.82) is 5.26 Å². The summed E-state index contributed by atoms with van der Waals surface area (Å²) in [4.78, 5) is 12.3. The highest BCUT2D eigenvalue weighted by molar-refractivity contribution is 6.35. The molecule has 6 heteroatoms. The molecule has 3 aromatic rings. The number of anilines is 1. The van der Waals surface area contributed by atoms with Gasteiger partial charge in [0.1, 0.15) is 23.2 Å². The number of nitrogens with one attached hydrogen (secondary N) is 1. The van der Waals surface area contributed by atoms with E-state index in [0.29, 0.717) is 32.8 Å². The zero-order valence-corrected chi connectivity index (χ0v) is 15.8. The molecule has 0 atom stereocenters. The second-order valence-corrected chi connectivity index (χ2v) is 6.73. The Morgan fingerprint density at radius 3 is 2.52 bits per heavy atom. The van der Waals surface area contributed by atoms with Crippen molar-refractivity contribution in [2.75, 3.05) is 5.32 Å². The second-order valence-electron chi connectivity index (χ2n) is 5.85. The number of hydrogen-bond donors (Lipinski definition) is 1. The average molecular weight is 397 g/mol. The van der Waals surface area contributed by atoms with Gasteiger partial charge < -0.3 is 9.73 Å². The summed E-state index contributed by atoms with van der Waals surface area (Å²) in [5.41, 5.74) is 2.26. The standard InChI is InChI=1S/C21H14Cl2N2O2/c1-13-3-2-4-18(7-13)25-21(26)15(12-24)10-19-5-6-20(27-19)14-8-16(22)11-17(23)9-14/h2-11H,1H3,(H,25,26)/b15-10+. The van der Waals surface area contributed by atoms with Gasteiger partial charge in [0.05, 0.1) is 0 Å². The number of furan rings is 1. The fraction of sp³-hybridized carbons (Fsp3) is 0.0476. The smallest absolute Gasteiger partial charge is 0.266 e. The second kappa shape index (κ2) is 8.13. The number of benzene rings is 2. The van der Waals surface area contributed by atoms with Crippen molar-refractivity contribution in [3.8, 4) is 17.4 Å². The molecule has 0 saturated heterocycles. The predicted molar refractivity (Wildman–Crippen MR) is 108 cm³/mol. The predicted octanol–water partition coefficient (Wildman–Crippen LogP) is 6.11. The number of nitrogens with zero attached hydrogens (tertiary/aromatic N) is 1. The summed E-state index contributed by atoms with van der Waals surface area (Å²) < 4.78 is 5.71. The summed E-state index contributed by atoms with van der Waals surface area (Å²) >= 11 is 12.0. The van der Waals surface area contributed by atoms with Gasteiger partial charge in [0.2, 0.25) is 0 Å². The van der Waals surface area contributed by atoms with E-state index in [-0.39, 0.29) is 5.57 Å². The largest absolute Gasteiger partial charge is 0.457 e. The Morgan fingerprint density at radius 1 is 1.11 bits per heavy atom. The minimum atomic E-state index is -0.508. The van der Waals surface area contributed by atoms with Gasteiger partial charge in [-0.05, 0) is 55.0 Å². The molecule has 0 aliphatic rings. The van der Waals surface area contributed by atoms with Crippen LogP contribution >= 0.6 is 23.2 Å². The van der Waals surface area contributed by atoms with Crippen LogP contribution in [0.15, 0.2) is 64.6 Å². The number of rotatable bonds is 4. The normalized spacial score (nSPS) is 11.1. The molecule has 0 spiro atoms. The van der Waals surface area contributed by atoms with Gasteiger partial charge in [-0.2, -0.15) is 5.26 Å². The molecule has 134 valence electrons. The number of aryl methyl sites for hydroxylation is 1. The van der Waals surface area contributed by atoms with Gasteiger partial charge >= 0.3 is 0 Å². The Hall–Kier alpha value is -3.00. The molecule has 0 saturated carbocycles. The Balaban J connectivity index is 1.83. The summed E-state index contributed by atoms with van der Waals surface area (Å²) in [6.07, 6.45) is 1.39. The van der Waals surface area contributed by atoms with E-state index in [0.717, 1.165) is 5.56 Å². The zero-order chi connectivity index (χ0) is 19.4. The van der Waals surface area contributed by atoms with Crippen LogP contribution in [0.5, 0.6) is 0 Å². The van der Waals surface area contributed by atoms with E-state index in [4.69, 9.17) is 27.6 Å². The molecular weight excluding hydrogens is 383 g/mol. The van der Waals surface area contributed by atoms with Crippen molar-refractivity contribution in [3.63, 3.8) is 0 Å². The average Bonchev–Trinajstić information content (AvgIpc) is 3.07. The van der Waals surface area contributed by atoms with Crippen molar-refractivity contribution in [2.24, 2.45) is 0 Å². The highest BCUT2D eigenvalue weighted by Gasteiger charge is 2.12. The third-order valence-electron chi connectivity index (χ3n) is 3.70. The molecule has 0 fully saturated rings. The van der Waals surface area contributed by atoms with E-state index in [1.165, 1.54) is 6.08 Å². The van der Waals surface area contributed by atoms with Gasteiger partial charge in [-0.15, -0.1) is 0 Å². The maximum absolute atomic E-state index is 12.3. The van der Waals surface area contributed by atoms with E-state index >= 15 is 0 Å². The maximum Gasteiger partial charge on any atom is 0.266 e.